The Hall–Kier alpha value is -1.01. The molecule has 0 amide bonds. The van der Waals surface area contributed by atoms with Gasteiger partial charge in [-0.05, 0) is 5.41 Å². The molecule has 0 heterocycles. The number of rotatable bonds is 5. The number of carboxylic acid groups (broad SMARTS) is 2. The first-order valence-electron chi connectivity index (χ1n) is 3.03. The maximum absolute atomic E-state index is 10.1. The van der Waals surface area contributed by atoms with Crippen LogP contribution in [0.3, 0.4) is 0 Å². The van der Waals surface area contributed by atoms with Crippen LogP contribution in [-0.2, 0) is 9.59 Å². The van der Waals surface area contributed by atoms with Crippen molar-refractivity contribution >= 4 is 23.7 Å². The van der Waals surface area contributed by atoms with Crippen molar-refractivity contribution in [1.29, 1.82) is 0 Å². The van der Waals surface area contributed by atoms with Crippen molar-refractivity contribution in [2.24, 2.45) is 5.73 Å². The van der Waals surface area contributed by atoms with Crippen LogP contribution in [-0.4, -0.2) is 33.9 Å². The van der Waals surface area contributed by atoms with Crippen LogP contribution in [0.4, 0.5) is 0 Å². The second-order valence-electron chi connectivity index (χ2n) is 1.92. The third-order valence-corrected chi connectivity index (χ3v) is 1.78. The number of carboxylic acids is 2. The topological polar surface area (TPSA) is 101 Å². The Kier molecular flexibility index (Phi) is 5.14. The lowest BCUT2D eigenvalue weighted by molar-refractivity contribution is -0.138. The van der Waals surface area contributed by atoms with Crippen LogP contribution in [0.1, 0.15) is 0 Å². The van der Waals surface area contributed by atoms with E-state index in [2.05, 4.69) is 0 Å². The predicted molar refractivity (Wildman–Crippen MR) is 44.8 cm³/mol. The maximum Gasteiger partial charge on any atom is 0.328 e. The Morgan fingerprint density at radius 3 is 2.50 bits per heavy atom. The fourth-order valence-electron chi connectivity index (χ4n) is 0.337. The molecule has 0 spiro atoms. The highest BCUT2D eigenvalue weighted by molar-refractivity contribution is 8.02. The van der Waals surface area contributed by atoms with E-state index in [4.69, 9.17) is 15.9 Å². The van der Waals surface area contributed by atoms with Gasteiger partial charge in [-0.1, -0.05) is 0 Å². The Balaban J connectivity index is 3.56. The summed E-state index contributed by atoms with van der Waals surface area (Å²) in [6.07, 6.45) is 0.930. The quantitative estimate of drug-likeness (QED) is 0.517. The zero-order chi connectivity index (χ0) is 9.56. The molecule has 0 rings (SSSR count). The monoisotopic (exact) mass is 191 g/mol. The highest BCUT2D eigenvalue weighted by Gasteiger charge is 2.09. The van der Waals surface area contributed by atoms with E-state index in [1.807, 2.05) is 0 Å². The highest BCUT2D eigenvalue weighted by atomic mass is 32.2. The van der Waals surface area contributed by atoms with E-state index in [1.54, 1.807) is 0 Å². The van der Waals surface area contributed by atoms with Crippen molar-refractivity contribution in [3.63, 3.8) is 0 Å². The van der Waals surface area contributed by atoms with Gasteiger partial charge in [-0.15, -0.1) is 11.8 Å². The molecule has 0 saturated carbocycles. The molecule has 68 valence electrons. The standard InChI is InChI=1S/C6H9NO4S/c7-4(6(10)11)3-12-2-1-5(8)9/h1-2,4H,3,7H2,(H,8,9)(H,10,11). The number of hydrogen-bond acceptors (Lipinski definition) is 4. The van der Waals surface area contributed by atoms with E-state index in [0.29, 0.717) is 0 Å². The first kappa shape index (κ1) is 11.0. The molecule has 0 bridgehead atoms. The average molecular weight is 191 g/mol. The molecule has 1 atom stereocenters. The molecule has 0 fully saturated rings. The van der Waals surface area contributed by atoms with Crippen LogP contribution in [0.5, 0.6) is 0 Å². The molecule has 0 aliphatic carbocycles. The van der Waals surface area contributed by atoms with Gasteiger partial charge in [0.05, 0.1) is 0 Å². The molecular formula is C6H9NO4S. The van der Waals surface area contributed by atoms with Crippen molar-refractivity contribution in [3.05, 3.63) is 11.5 Å². The lowest BCUT2D eigenvalue weighted by atomic mass is 10.4. The van der Waals surface area contributed by atoms with Crippen molar-refractivity contribution in [1.82, 2.24) is 0 Å². The van der Waals surface area contributed by atoms with Crippen LogP contribution < -0.4 is 5.73 Å². The van der Waals surface area contributed by atoms with Gasteiger partial charge in [0.25, 0.3) is 0 Å². The first-order valence-corrected chi connectivity index (χ1v) is 4.08. The molecule has 0 saturated heterocycles. The summed E-state index contributed by atoms with van der Waals surface area (Å²) in [5, 5.41) is 17.7. The molecule has 6 heteroatoms. The van der Waals surface area contributed by atoms with E-state index in [9.17, 15) is 9.59 Å². The predicted octanol–water partition coefficient (Wildman–Crippen LogP) is -0.270. The molecule has 0 aromatic rings. The zero-order valence-electron chi connectivity index (χ0n) is 6.14. The summed E-state index contributed by atoms with van der Waals surface area (Å²) in [5.74, 6) is -1.99. The molecule has 4 N–H and O–H groups in total. The third-order valence-electron chi connectivity index (χ3n) is 0.900. The SMILES string of the molecule is NC(CSC=CC(=O)O)C(=O)O. The molecule has 0 aliphatic rings. The molecule has 0 aromatic heterocycles. The van der Waals surface area contributed by atoms with Gasteiger partial charge < -0.3 is 15.9 Å². The fraction of sp³-hybridized carbons (Fsp3) is 0.333. The number of carbonyl (C=O) groups is 2. The minimum atomic E-state index is -1.09. The van der Waals surface area contributed by atoms with Gasteiger partial charge in [0.2, 0.25) is 0 Å². The lowest BCUT2D eigenvalue weighted by Crippen LogP contribution is -2.32. The first-order chi connectivity index (χ1) is 5.54. The molecular weight excluding hydrogens is 182 g/mol. The maximum atomic E-state index is 10.1. The second kappa shape index (κ2) is 5.62. The molecule has 1 unspecified atom stereocenters. The van der Waals surface area contributed by atoms with Gasteiger partial charge in [-0.25, -0.2) is 4.79 Å². The van der Waals surface area contributed by atoms with Gasteiger partial charge >= 0.3 is 11.9 Å². The largest absolute Gasteiger partial charge is 0.480 e. The van der Waals surface area contributed by atoms with Crippen molar-refractivity contribution in [3.8, 4) is 0 Å². The Bertz CT molecular complexity index is 204. The average Bonchev–Trinajstić information content (AvgIpc) is 1.97. The molecule has 5 nitrogen and oxygen atoms in total. The zero-order valence-corrected chi connectivity index (χ0v) is 6.95. The van der Waals surface area contributed by atoms with Gasteiger partial charge in [-0.3, -0.25) is 4.79 Å². The Labute approximate surface area is 73.2 Å². The molecule has 0 aliphatic heterocycles. The highest BCUT2D eigenvalue weighted by Crippen LogP contribution is 2.03. The number of aliphatic carboxylic acids is 2. The summed E-state index contributed by atoms with van der Waals surface area (Å²) in [6.45, 7) is 0. The van der Waals surface area contributed by atoms with Crippen molar-refractivity contribution in [2.45, 2.75) is 6.04 Å². The summed E-state index contributed by atoms with van der Waals surface area (Å²) in [4.78, 5) is 20.1. The van der Waals surface area contributed by atoms with Crippen LogP contribution >= 0.6 is 11.8 Å². The van der Waals surface area contributed by atoms with Crippen LogP contribution in [0.2, 0.25) is 0 Å². The van der Waals surface area contributed by atoms with Gasteiger partial charge in [0.1, 0.15) is 6.04 Å². The van der Waals surface area contributed by atoms with Crippen molar-refractivity contribution in [2.75, 3.05) is 5.75 Å². The van der Waals surface area contributed by atoms with Crippen LogP contribution in [0.15, 0.2) is 11.5 Å². The minimum Gasteiger partial charge on any atom is -0.480 e. The van der Waals surface area contributed by atoms with E-state index in [1.165, 1.54) is 5.41 Å². The number of hydrogen-bond donors (Lipinski definition) is 3. The van der Waals surface area contributed by atoms with E-state index in [-0.39, 0.29) is 5.75 Å². The van der Waals surface area contributed by atoms with Gasteiger partial charge in [0.15, 0.2) is 0 Å². The summed E-state index contributed by atoms with van der Waals surface area (Å²) in [7, 11) is 0. The minimum absolute atomic E-state index is 0.166. The molecule has 0 aromatic carbocycles. The number of thioether (sulfide) groups is 1. The molecule has 12 heavy (non-hydrogen) atoms. The Morgan fingerprint density at radius 1 is 1.50 bits per heavy atom. The van der Waals surface area contributed by atoms with E-state index < -0.39 is 18.0 Å². The van der Waals surface area contributed by atoms with Gasteiger partial charge in [0, 0.05) is 11.8 Å². The third kappa shape index (κ3) is 5.75. The Morgan fingerprint density at radius 2 is 2.08 bits per heavy atom. The van der Waals surface area contributed by atoms with Crippen LogP contribution in [0, 0.1) is 0 Å². The summed E-state index contributed by atoms with van der Waals surface area (Å²) in [5.41, 5.74) is 5.13. The summed E-state index contributed by atoms with van der Waals surface area (Å²) in [6, 6.07) is -0.951. The van der Waals surface area contributed by atoms with Gasteiger partial charge in [-0.2, -0.15) is 0 Å². The fourth-order valence-corrected chi connectivity index (χ4v) is 1.01. The summed E-state index contributed by atoms with van der Waals surface area (Å²) >= 11 is 1.05. The lowest BCUT2D eigenvalue weighted by Gasteiger charge is -2.01. The van der Waals surface area contributed by atoms with Crippen molar-refractivity contribution < 1.29 is 19.8 Å². The van der Waals surface area contributed by atoms with E-state index >= 15 is 0 Å². The normalized spacial score (nSPS) is 13.1. The summed E-state index contributed by atoms with van der Waals surface area (Å²) < 4.78 is 0. The van der Waals surface area contributed by atoms with Crippen LogP contribution in [0.25, 0.3) is 0 Å². The second-order valence-corrected chi connectivity index (χ2v) is 2.86. The smallest absolute Gasteiger partial charge is 0.328 e. The molecule has 0 radical (unpaired) electrons. The number of nitrogens with two attached hydrogens (primary N) is 1. The van der Waals surface area contributed by atoms with E-state index in [0.717, 1.165) is 17.8 Å².